The van der Waals surface area contributed by atoms with Crippen molar-refractivity contribution in [3.05, 3.63) is 65.2 Å². The van der Waals surface area contributed by atoms with E-state index in [1.54, 1.807) is 0 Å². The van der Waals surface area contributed by atoms with Crippen LogP contribution in [0.3, 0.4) is 0 Å². The summed E-state index contributed by atoms with van der Waals surface area (Å²) in [4.78, 5) is 26.0. The molecule has 220 valence electrons. The smallest absolute Gasteiger partial charge is 0.490 e. The highest BCUT2D eigenvalue weighted by Gasteiger charge is 2.42. The molecule has 1 N–H and O–H groups in total. The molecule has 11 heteroatoms. The average molecular weight is 571 g/mol. The van der Waals surface area contributed by atoms with Gasteiger partial charge in [-0.1, -0.05) is 32.0 Å². The number of amides is 1. The summed E-state index contributed by atoms with van der Waals surface area (Å²) in [5, 5.41) is 7.12. The van der Waals surface area contributed by atoms with Crippen LogP contribution in [0.2, 0.25) is 0 Å². The van der Waals surface area contributed by atoms with E-state index in [9.17, 15) is 26.7 Å². The fourth-order valence-corrected chi connectivity index (χ4v) is 5.01. The van der Waals surface area contributed by atoms with Gasteiger partial charge in [-0.25, -0.2) is 13.6 Å². The van der Waals surface area contributed by atoms with Gasteiger partial charge >= 0.3 is 12.1 Å². The highest BCUT2D eigenvalue weighted by Crippen LogP contribution is 2.41. The number of nitrogens with zero attached hydrogens (tertiary/aromatic N) is 2. The minimum atomic E-state index is -5.08. The monoisotopic (exact) mass is 570 g/mol. The Morgan fingerprint density at radius 1 is 1.00 bits per heavy atom. The van der Waals surface area contributed by atoms with Crippen molar-refractivity contribution in [2.75, 3.05) is 32.8 Å². The topological polar surface area (TPSA) is 70.1 Å². The number of para-hydroxylation sites is 1. The van der Waals surface area contributed by atoms with Gasteiger partial charge in [0.2, 0.25) is 5.91 Å². The lowest BCUT2D eigenvalue weighted by molar-refractivity contribution is -0.192. The molecule has 0 radical (unpaired) electrons. The van der Waals surface area contributed by atoms with Crippen LogP contribution in [-0.4, -0.2) is 65.7 Å². The third kappa shape index (κ3) is 9.18. The second-order valence-electron chi connectivity index (χ2n) is 10.9. The summed E-state index contributed by atoms with van der Waals surface area (Å²) in [5.74, 6) is -2.62. The average Bonchev–Trinajstić information content (AvgIpc) is 3.28. The number of rotatable bonds is 7. The van der Waals surface area contributed by atoms with E-state index in [1.165, 1.54) is 17.7 Å². The molecular weight excluding hydrogens is 535 g/mol. The summed E-state index contributed by atoms with van der Waals surface area (Å²) in [7, 11) is 0. The van der Waals surface area contributed by atoms with Gasteiger partial charge in [0.1, 0.15) is 17.4 Å². The zero-order chi connectivity index (χ0) is 29.5. The van der Waals surface area contributed by atoms with E-state index in [0.29, 0.717) is 18.1 Å². The normalized spacial score (nSPS) is 17.1. The fraction of sp³-hybridized carbons (Fsp3) is 0.517. The number of carboxylic acid groups (broad SMARTS) is 1. The van der Waals surface area contributed by atoms with Crippen LogP contribution in [0.5, 0.6) is 5.75 Å². The maximum Gasteiger partial charge on any atom is 0.490 e. The van der Waals surface area contributed by atoms with Crippen LogP contribution in [-0.2, 0) is 22.6 Å². The first-order valence-corrected chi connectivity index (χ1v) is 13.2. The number of alkyl halides is 3. The first-order valence-electron chi connectivity index (χ1n) is 13.2. The molecule has 2 aromatic carbocycles. The molecule has 2 fully saturated rings. The number of aliphatic carboxylic acids is 1. The Morgan fingerprint density at radius 3 is 2.15 bits per heavy atom. The van der Waals surface area contributed by atoms with Crippen molar-refractivity contribution in [3.8, 4) is 5.75 Å². The Bertz CT molecular complexity index is 1140. The molecule has 2 aliphatic heterocycles. The molecule has 1 spiro atoms. The number of hydrogen-bond donors (Lipinski definition) is 1. The van der Waals surface area contributed by atoms with Gasteiger partial charge in [0.05, 0.1) is 13.0 Å². The molecule has 2 aliphatic rings. The lowest BCUT2D eigenvalue weighted by atomic mass is 9.77. The van der Waals surface area contributed by atoms with Gasteiger partial charge in [-0.3, -0.25) is 9.69 Å². The van der Waals surface area contributed by atoms with E-state index in [2.05, 4.69) is 30.9 Å². The standard InChI is InChI=1S/C27H34F2N2O2.C2HF3O2/c1-20(2)18-33-25-6-4-3-5-22(25)17-30-10-7-27(8-11-30)9-12-31(19-27)26(32)15-21-13-23(28)16-24(29)14-21;3-2(4,5)1(6)7/h3-6,13-14,16,20H,7-12,15,17-19H2,1-2H3;(H,6,7). The summed E-state index contributed by atoms with van der Waals surface area (Å²) < 4.78 is 64.7. The van der Waals surface area contributed by atoms with Crippen molar-refractivity contribution in [1.29, 1.82) is 0 Å². The Labute approximate surface area is 230 Å². The third-order valence-electron chi connectivity index (χ3n) is 7.17. The number of likely N-dealkylation sites (tertiary alicyclic amines) is 2. The first-order chi connectivity index (χ1) is 18.8. The van der Waals surface area contributed by atoms with Crippen LogP contribution >= 0.6 is 0 Å². The van der Waals surface area contributed by atoms with Gasteiger partial charge in [-0.05, 0) is 67.4 Å². The minimum absolute atomic E-state index is 0.0457. The maximum atomic E-state index is 13.5. The molecule has 6 nitrogen and oxygen atoms in total. The van der Waals surface area contributed by atoms with Crippen molar-refractivity contribution < 1.29 is 41.4 Å². The zero-order valence-corrected chi connectivity index (χ0v) is 22.6. The molecule has 2 aromatic rings. The predicted molar refractivity (Wildman–Crippen MR) is 139 cm³/mol. The molecule has 0 unspecified atom stereocenters. The second-order valence-corrected chi connectivity index (χ2v) is 10.9. The number of carbonyl (C=O) groups is 2. The van der Waals surface area contributed by atoms with Crippen LogP contribution in [0, 0.1) is 23.0 Å². The van der Waals surface area contributed by atoms with Crippen LogP contribution in [0.1, 0.15) is 44.2 Å². The SMILES string of the molecule is CC(C)COc1ccccc1CN1CCC2(CC1)CCN(C(=O)Cc1cc(F)cc(F)c1)C2.O=C(O)C(F)(F)F. The Kier molecular flexibility index (Phi) is 10.5. The molecule has 0 aliphatic carbocycles. The summed E-state index contributed by atoms with van der Waals surface area (Å²) in [6.07, 6.45) is -1.93. The van der Waals surface area contributed by atoms with E-state index in [4.69, 9.17) is 14.6 Å². The van der Waals surface area contributed by atoms with Gasteiger partial charge in [0.15, 0.2) is 0 Å². The van der Waals surface area contributed by atoms with E-state index in [-0.39, 0.29) is 17.7 Å². The summed E-state index contributed by atoms with van der Waals surface area (Å²) in [6.45, 7) is 9.35. The maximum absolute atomic E-state index is 13.5. The Balaban J connectivity index is 0.000000559. The van der Waals surface area contributed by atoms with Gasteiger partial charge in [-0.15, -0.1) is 0 Å². The van der Waals surface area contributed by atoms with Crippen molar-refractivity contribution in [3.63, 3.8) is 0 Å². The molecule has 0 atom stereocenters. The quantitative estimate of drug-likeness (QED) is 0.434. The number of halogens is 5. The molecule has 0 saturated carbocycles. The van der Waals surface area contributed by atoms with Crippen LogP contribution in [0.25, 0.3) is 0 Å². The van der Waals surface area contributed by atoms with Crippen molar-refractivity contribution in [2.24, 2.45) is 11.3 Å². The lowest BCUT2D eigenvalue weighted by Gasteiger charge is -2.39. The summed E-state index contributed by atoms with van der Waals surface area (Å²) >= 11 is 0. The van der Waals surface area contributed by atoms with Gasteiger partial charge < -0.3 is 14.7 Å². The number of carboxylic acids is 1. The van der Waals surface area contributed by atoms with Crippen LogP contribution in [0.4, 0.5) is 22.0 Å². The van der Waals surface area contributed by atoms with E-state index < -0.39 is 23.8 Å². The largest absolute Gasteiger partial charge is 0.493 e. The molecule has 0 bridgehead atoms. The van der Waals surface area contributed by atoms with Gasteiger partial charge in [0, 0.05) is 31.3 Å². The molecule has 1 amide bonds. The van der Waals surface area contributed by atoms with Crippen molar-refractivity contribution in [2.45, 2.75) is 52.3 Å². The van der Waals surface area contributed by atoms with Crippen LogP contribution in [0.15, 0.2) is 42.5 Å². The summed E-state index contributed by atoms with van der Waals surface area (Å²) in [5.41, 5.74) is 1.78. The van der Waals surface area contributed by atoms with E-state index in [1.807, 2.05) is 17.0 Å². The molecular formula is C29H35F5N2O4. The fourth-order valence-electron chi connectivity index (χ4n) is 5.01. The number of carbonyl (C=O) groups excluding carboxylic acids is 1. The zero-order valence-electron chi connectivity index (χ0n) is 22.6. The Hall–Kier alpha value is -3.21. The van der Waals surface area contributed by atoms with Crippen LogP contribution < -0.4 is 4.74 Å². The molecule has 0 aromatic heterocycles. The second kappa shape index (κ2) is 13.4. The lowest BCUT2D eigenvalue weighted by Crippen LogP contribution is -2.42. The molecule has 2 saturated heterocycles. The van der Waals surface area contributed by atoms with Crippen molar-refractivity contribution in [1.82, 2.24) is 9.80 Å². The number of benzene rings is 2. The first kappa shape index (κ1) is 31.3. The predicted octanol–water partition coefficient (Wildman–Crippen LogP) is 5.69. The number of piperidine rings is 1. The Morgan fingerprint density at radius 2 is 1.57 bits per heavy atom. The van der Waals surface area contributed by atoms with E-state index in [0.717, 1.165) is 63.8 Å². The molecule has 40 heavy (non-hydrogen) atoms. The highest BCUT2D eigenvalue weighted by atomic mass is 19.4. The summed E-state index contributed by atoms with van der Waals surface area (Å²) in [6, 6.07) is 11.6. The molecule has 4 rings (SSSR count). The molecule has 2 heterocycles. The number of hydrogen-bond acceptors (Lipinski definition) is 4. The number of ether oxygens (including phenoxy) is 1. The van der Waals surface area contributed by atoms with E-state index >= 15 is 0 Å². The minimum Gasteiger partial charge on any atom is -0.493 e. The van der Waals surface area contributed by atoms with Crippen molar-refractivity contribution >= 4 is 11.9 Å². The third-order valence-corrected chi connectivity index (χ3v) is 7.17. The van der Waals surface area contributed by atoms with Gasteiger partial charge in [-0.2, -0.15) is 13.2 Å². The highest BCUT2D eigenvalue weighted by molar-refractivity contribution is 5.79. The van der Waals surface area contributed by atoms with Gasteiger partial charge in [0.25, 0.3) is 0 Å².